The zero-order valence-electron chi connectivity index (χ0n) is 6.15. The van der Waals surface area contributed by atoms with Crippen LogP contribution in [0.25, 0.3) is 0 Å². The molecule has 0 spiro atoms. The van der Waals surface area contributed by atoms with Gasteiger partial charge in [0.1, 0.15) is 5.84 Å². The SMILES string of the molecule is CCCCC=NC(C)=N. The Morgan fingerprint density at radius 1 is 1.67 bits per heavy atom. The standard InChI is InChI=1S/C7H14N2/c1-3-4-5-6-9-7(2)8/h6,8H,3-5H2,1-2H3. The van der Waals surface area contributed by atoms with E-state index in [0.717, 1.165) is 6.42 Å². The van der Waals surface area contributed by atoms with Crippen LogP contribution in [-0.2, 0) is 0 Å². The van der Waals surface area contributed by atoms with Crippen molar-refractivity contribution in [3.8, 4) is 0 Å². The second-order valence-electron chi connectivity index (χ2n) is 2.04. The first-order valence-corrected chi connectivity index (χ1v) is 3.35. The van der Waals surface area contributed by atoms with Crippen LogP contribution >= 0.6 is 0 Å². The van der Waals surface area contributed by atoms with E-state index in [1.165, 1.54) is 12.8 Å². The molecule has 1 N–H and O–H groups in total. The zero-order valence-corrected chi connectivity index (χ0v) is 6.15. The average molecular weight is 126 g/mol. The molecule has 0 aliphatic carbocycles. The van der Waals surface area contributed by atoms with Crippen molar-refractivity contribution in [2.24, 2.45) is 4.99 Å². The molecule has 2 nitrogen and oxygen atoms in total. The maximum absolute atomic E-state index is 6.93. The van der Waals surface area contributed by atoms with Crippen molar-refractivity contribution < 1.29 is 0 Å². The Morgan fingerprint density at radius 2 is 2.33 bits per heavy atom. The van der Waals surface area contributed by atoms with Crippen LogP contribution in [0.15, 0.2) is 4.99 Å². The quantitative estimate of drug-likeness (QED) is 0.342. The molecule has 0 saturated heterocycles. The Balaban J connectivity index is 3.15. The van der Waals surface area contributed by atoms with Gasteiger partial charge in [0, 0.05) is 6.21 Å². The van der Waals surface area contributed by atoms with Gasteiger partial charge in [-0.15, -0.1) is 0 Å². The van der Waals surface area contributed by atoms with Gasteiger partial charge < -0.3 is 0 Å². The summed E-state index contributed by atoms with van der Waals surface area (Å²) in [6, 6.07) is 0. The molecule has 0 aromatic rings. The van der Waals surface area contributed by atoms with Crippen LogP contribution in [0.3, 0.4) is 0 Å². The van der Waals surface area contributed by atoms with Gasteiger partial charge in [-0.05, 0) is 19.8 Å². The third-order valence-electron chi connectivity index (χ3n) is 0.972. The van der Waals surface area contributed by atoms with Gasteiger partial charge in [0.15, 0.2) is 0 Å². The second kappa shape index (κ2) is 5.48. The molecule has 0 saturated carbocycles. The summed E-state index contributed by atoms with van der Waals surface area (Å²) in [5.74, 6) is 0.395. The Labute approximate surface area is 56.5 Å². The summed E-state index contributed by atoms with van der Waals surface area (Å²) in [5.41, 5.74) is 0. The van der Waals surface area contributed by atoms with E-state index in [1.807, 2.05) is 6.21 Å². The van der Waals surface area contributed by atoms with Gasteiger partial charge >= 0.3 is 0 Å². The smallest absolute Gasteiger partial charge is 0.116 e. The molecule has 2 heteroatoms. The monoisotopic (exact) mass is 126 g/mol. The molecule has 0 aromatic carbocycles. The highest BCUT2D eigenvalue weighted by molar-refractivity contribution is 5.84. The zero-order chi connectivity index (χ0) is 7.11. The Bertz CT molecular complexity index is 105. The highest BCUT2D eigenvalue weighted by Gasteiger charge is 1.78. The first-order chi connectivity index (χ1) is 4.27. The predicted octanol–water partition coefficient (Wildman–Crippen LogP) is 2.24. The molecule has 0 heterocycles. The molecule has 0 aromatic heterocycles. The van der Waals surface area contributed by atoms with Crippen LogP contribution in [0.2, 0.25) is 0 Å². The van der Waals surface area contributed by atoms with Gasteiger partial charge in [-0.1, -0.05) is 13.3 Å². The molecule has 0 bridgehead atoms. The lowest BCUT2D eigenvalue weighted by atomic mass is 10.3. The first-order valence-electron chi connectivity index (χ1n) is 3.35. The fourth-order valence-electron chi connectivity index (χ4n) is 0.497. The highest BCUT2D eigenvalue weighted by atomic mass is 14.8. The van der Waals surface area contributed by atoms with E-state index in [0.29, 0.717) is 5.84 Å². The Kier molecular flexibility index (Phi) is 5.07. The molecule has 0 unspecified atom stereocenters. The lowest BCUT2D eigenvalue weighted by Crippen LogP contribution is -1.82. The fourth-order valence-corrected chi connectivity index (χ4v) is 0.497. The van der Waals surface area contributed by atoms with E-state index >= 15 is 0 Å². The second-order valence-corrected chi connectivity index (χ2v) is 2.04. The first kappa shape index (κ1) is 8.34. The van der Waals surface area contributed by atoms with Crippen molar-refractivity contribution in [1.29, 1.82) is 5.41 Å². The molecule has 0 aliphatic rings. The third-order valence-corrected chi connectivity index (χ3v) is 0.972. The van der Waals surface area contributed by atoms with Gasteiger partial charge in [0.2, 0.25) is 0 Å². The Morgan fingerprint density at radius 3 is 2.78 bits per heavy atom. The summed E-state index contributed by atoms with van der Waals surface area (Å²) >= 11 is 0. The summed E-state index contributed by atoms with van der Waals surface area (Å²) in [4.78, 5) is 3.82. The minimum Gasteiger partial charge on any atom is -0.287 e. The van der Waals surface area contributed by atoms with Crippen molar-refractivity contribution in [3.63, 3.8) is 0 Å². The summed E-state index contributed by atoms with van der Waals surface area (Å²) in [7, 11) is 0. The minimum absolute atomic E-state index is 0.395. The van der Waals surface area contributed by atoms with Crippen LogP contribution in [0.4, 0.5) is 0 Å². The van der Waals surface area contributed by atoms with Gasteiger partial charge in [-0.2, -0.15) is 0 Å². The summed E-state index contributed by atoms with van der Waals surface area (Å²) in [6.45, 7) is 3.83. The van der Waals surface area contributed by atoms with Crippen molar-refractivity contribution >= 4 is 12.1 Å². The third kappa shape index (κ3) is 7.34. The van der Waals surface area contributed by atoms with Gasteiger partial charge in [0.25, 0.3) is 0 Å². The number of aliphatic imine (C=N–C) groups is 1. The van der Waals surface area contributed by atoms with Crippen LogP contribution in [-0.4, -0.2) is 12.1 Å². The van der Waals surface area contributed by atoms with E-state index in [-0.39, 0.29) is 0 Å². The molecular weight excluding hydrogens is 112 g/mol. The number of hydrogen-bond donors (Lipinski definition) is 1. The average Bonchev–Trinajstić information content (AvgIpc) is 1.80. The van der Waals surface area contributed by atoms with Crippen molar-refractivity contribution in [2.45, 2.75) is 33.1 Å². The fraction of sp³-hybridized carbons (Fsp3) is 0.714. The molecule has 0 amide bonds. The van der Waals surface area contributed by atoms with Crippen LogP contribution in [0.5, 0.6) is 0 Å². The van der Waals surface area contributed by atoms with Gasteiger partial charge in [0.05, 0.1) is 0 Å². The number of rotatable bonds is 3. The van der Waals surface area contributed by atoms with Crippen molar-refractivity contribution in [2.75, 3.05) is 0 Å². The number of nitrogens with one attached hydrogen (secondary N) is 1. The molecular formula is C7H14N2. The normalized spacial score (nSPS) is 10.4. The van der Waals surface area contributed by atoms with E-state index in [4.69, 9.17) is 5.41 Å². The van der Waals surface area contributed by atoms with Crippen molar-refractivity contribution in [1.82, 2.24) is 0 Å². The largest absolute Gasteiger partial charge is 0.287 e. The summed E-state index contributed by atoms with van der Waals surface area (Å²) < 4.78 is 0. The minimum atomic E-state index is 0.395. The maximum Gasteiger partial charge on any atom is 0.116 e. The van der Waals surface area contributed by atoms with Gasteiger partial charge in [-0.3, -0.25) is 5.41 Å². The topological polar surface area (TPSA) is 36.2 Å². The molecule has 9 heavy (non-hydrogen) atoms. The Hall–Kier alpha value is -0.660. The number of amidine groups is 1. The van der Waals surface area contributed by atoms with Crippen molar-refractivity contribution in [3.05, 3.63) is 0 Å². The lowest BCUT2D eigenvalue weighted by molar-refractivity contribution is 0.843. The molecule has 52 valence electrons. The van der Waals surface area contributed by atoms with Crippen LogP contribution < -0.4 is 0 Å². The van der Waals surface area contributed by atoms with E-state index < -0.39 is 0 Å². The molecule has 0 rings (SSSR count). The van der Waals surface area contributed by atoms with Gasteiger partial charge in [-0.25, -0.2) is 4.99 Å². The van der Waals surface area contributed by atoms with Crippen LogP contribution in [0, 0.1) is 5.41 Å². The summed E-state index contributed by atoms with van der Waals surface area (Å²) in [6.07, 6.45) is 5.19. The number of hydrogen-bond acceptors (Lipinski definition) is 1. The van der Waals surface area contributed by atoms with E-state index in [2.05, 4.69) is 11.9 Å². The molecule has 0 radical (unpaired) electrons. The number of unbranched alkanes of at least 4 members (excludes halogenated alkanes) is 2. The lowest BCUT2D eigenvalue weighted by Gasteiger charge is -1.86. The van der Waals surface area contributed by atoms with E-state index in [9.17, 15) is 0 Å². The van der Waals surface area contributed by atoms with E-state index in [1.54, 1.807) is 6.92 Å². The molecule has 0 aliphatic heterocycles. The molecule has 0 atom stereocenters. The molecule has 0 fully saturated rings. The summed E-state index contributed by atoms with van der Waals surface area (Å²) in [5, 5.41) is 6.93. The van der Waals surface area contributed by atoms with Crippen LogP contribution in [0.1, 0.15) is 33.1 Å². The predicted molar refractivity (Wildman–Crippen MR) is 41.4 cm³/mol. The highest BCUT2D eigenvalue weighted by Crippen LogP contribution is 1.89. The number of nitrogens with zero attached hydrogens (tertiary/aromatic N) is 1. The maximum atomic E-state index is 6.93.